The number of fused-ring (bicyclic) bond motifs is 1. The van der Waals surface area contributed by atoms with Gasteiger partial charge in [0.05, 0.1) is 5.69 Å². The van der Waals surface area contributed by atoms with Gasteiger partial charge in [-0.05, 0) is 24.5 Å². The van der Waals surface area contributed by atoms with Crippen LogP contribution in [0.3, 0.4) is 0 Å². The minimum Gasteiger partial charge on any atom is -0.506 e. The summed E-state index contributed by atoms with van der Waals surface area (Å²) in [6, 6.07) is 5.16. The molecule has 1 aliphatic rings. The van der Waals surface area contributed by atoms with E-state index in [2.05, 4.69) is 0 Å². The third-order valence-corrected chi connectivity index (χ3v) is 5.56. The number of benzene rings is 1. The summed E-state index contributed by atoms with van der Waals surface area (Å²) < 4.78 is 28.0. The molecule has 1 N–H and O–H groups in total. The lowest BCUT2D eigenvalue weighted by molar-refractivity contribution is 0.437. The Kier molecular flexibility index (Phi) is 4.01. The third kappa shape index (κ3) is 2.42. The molecular formula is C13H20N2O3S. The van der Waals surface area contributed by atoms with E-state index in [0.717, 1.165) is 18.4 Å². The maximum Gasteiger partial charge on any atom is 0.304 e. The summed E-state index contributed by atoms with van der Waals surface area (Å²) in [5, 5.41) is 9.99. The second-order valence-electron chi connectivity index (χ2n) is 4.55. The maximum atomic E-state index is 12.6. The molecule has 5 nitrogen and oxygen atoms in total. The van der Waals surface area contributed by atoms with Gasteiger partial charge in [-0.15, -0.1) is 0 Å². The second-order valence-corrected chi connectivity index (χ2v) is 6.41. The molecule has 1 aromatic carbocycles. The number of anilines is 1. The highest BCUT2D eigenvalue weighted by atomic mass is 32.2. The molecule has 2 rings (SSSR count). The summed E-state index contributed by atoms with van der Waals surface area (Å²) in [6.45, 7) is 4.91. The van der Waals surface area contributed by atoms with Crippen molar-refractivity contribution >= 4 is 15.9 Å². The van der Waals surface area contributed by atoms with Gasteiger partial charge >= 0.3 is 10.2 Å². The van der Waals surface area contributed by atoms with Crippen LogP contribution in [0.1, 0.15) is 25.8 Å². The van der Waals surface area contributed by atoms with Gasteiger partial charge in [0.2, 0.25) is 0 Å². The number of aryl methyl sites for hydroxylation is 1. The van der Waals surface area contributed by atoms with Gasteiger partial charge in [-0.1, -0.05) is 26.0 Å². The molecule has 0 aromatic heterocycles. The van der Waals surface area contributed by atoms with Crippen LogP contribution in [0.5, 0.6) is 5.75 Å². The van der Waals surface area contributed by atoms with E-state index in [4.69, 9.17) is 0 Å². The van der Waals surface area contributed by atoms with E-state index in [1.807, 2.05) is 19.9 Å². The van der Waals surface area contributed by atoms with Crippen LogP contribution in [-0.2, 0) is 16.6 Å². The first kappa shape index (κ1) is 14.1. The predicted octanol–water partition coefficient (Wildman–Crippen LogP) is 1.73. The van der Waals surface area contributed by atoms with Crippen molar-refractivity contribution in [1.29, 1.82) is 0 Å². The van der Waals surface area contributed by atoms with Crippen LogP contribution >= 0.6 is 0 Å². The van der Waals surface area contributed by atoms with Crippen LogP contribution in [0.25, 0.3) is 0 Å². The Balaban J connectivity index is 2.50. The van der Waals surface area contributed by atoms with E-state index in [1.165, 1.54) is 14.7 Å². The topological polar surface area (TPSA) is 60.9 Å². The number of aromatic hydroxyl groups is 1. The molecular weight excluding hydrogens is 264 g/mol. The Morgan fingerprint density at radius 2 is 2.00 bits per heavy atom. The normalized spacial score (nSPS) is 15.6. The van der Waals surface area contributed by atoms with Gasteiger partial charge in [-0.2, -0.15) is 12.7 Å². The van der Waals surface area contributed by atoms with Crippen molar-refractivity contribution in [2.45, 2.75) is 26.7 Å². The highest BCUT2D eigenvalue weighted by Crippen LogP contribution is 2.37. The van der Waals surface area contributed by atoms with Gasteiger partial charge in [0, 0.05) is 19.6 Å². The van der Waals surface area contributed by atoms with E-state index < -0.39 is 10.2 Å². The van der Waals surface area contributed by atoms with Crippen LogP contribution in [0, 0.1) is 0 Å². The largest absolute Gasteiger partial charge is 0.506 e. The molecule has 6 heteroatoms. The van der Waals surface area contributed by atoms with Crippen molar-refractivity contribution in [3.63, 3.8) is 0 Å². The van der Waals surface area contributed by atoms with Gasteiger partial charge in [-0.3, -0.25) is 4.31 Å². The van der Waals surface area contributed by atoms with Crippen LogP contribution < -0.4 is 4.31 Å². The summed E-state index contributed by atoms with van der Waals surface area (Å²) in [7, 11) is -3.55. The SMILES string of the molecule is CCN(CC)S(=O)(=O)N1CCCc2cccc(O)c21. The fourth-order valence-electron chi connectivity index (χ4n) is 2.51. The zero-order chi connectivity index (χ0) is 14.0. The Morgan fingerprint density at radius 1 is 1.32 bits per heavy atom. The zero-order valence-electron chi connectivity index (χ0n) is 11.3. The number of phenolic OH excluding ortho intramolecular Hbond substituents is 1. The molecule has 1 aromatic rings. The Hall–Kier alpha value is -1.27. The molecule has 0 amide bonds. The Bertz CT molecular complexity index is 553. The lowest BCUT2D eigenvalue weighted by Crippen LogP contribution is -2.46. The molecule has 0 atom stereocenters. The smallest absolute Gasteiger partial charge is 0.304 e. The molecule has 0 radical (unpaired) electrons. The monoisotopic (exact) mass is 284 g/mol. The van der Waals surface area contributed by atoms with Crippen molar-refractivity contribution in [2.24, 2.45) is 0 Å². The first-order valence-electron chi connectivity index (χ1n) is 6.61. The fraction of sp³-hybridized carbons (Fsp3) is 0.538. The molecule has 0 fully saturated rings. The summed E-state index contributed by atoms with van der Waals surface area (Å²) in [6.07, 6.45) is 1.57. The standard InChI is InChI=1S/C13H20N2O3S/c1-3-14(4-2)19(17,18)15-10-6-8-11-7-5-9-12(16)13(11)15/h5,7,9,16H,3-4,6,8,10H2,1-2H3. The van der Waals surface area contributed by atoms with E-state index in [1.54, 1.807) is 6.07 Å². The molecule has 19 heavy (non-hydrogen) atoms. The minimum absolute atomic E-state index is 0.0351. The van der Waals surface area contributed by atoms with Crippen LogP contribution in [-0.4, -0.2) is 37.5 Å². The highest BCUT2D eigenvalue weighted by Gasteiger charge is 2.33. The van der Waals surface area contributed by atoms with E-state index in [9.17, 15) is 13.5 Å². The fourth-order valence-corrected chi connectivity index (χ4v) is 4.25. The predicted molar refractivity (Wildman–Crippen MR) is 75.6 cm³/mol. The molecule has 1 heterocycles. The van der Waals surface area contributed by atoms with Gasteiger partial charge in [-0.25, -0.2) is 0 Å². The maximum absolute atomic E-state index is 12.6. The molecule has 106 valence electrons. The Labute approximate surface area is 114 Å². The van der Waals surface area contributed by atoms with Crippen LogP contribution in [0.4, 0.5) is 5.69 Å². The van der Waals surface area contributed by atoms with Gasteiger partial charge in [0.1, 0.15) is 5.75 Å². The van der Waals surface area contributed by atoms with Crippen LogP contribution in [0.15, 0.2) is 18.2 Å². The number of phenols is 1. The second kappa shape index (κ2) is 5.38. The summed E-state index contributed by atoms with van der Waals surface area (Å²) in [5.74, 6) is 0.0351. The number of hydrogen-bond donors (Lipinski definition) is 1. The van der Waals surface area contributed by atoms with E-state index in [0.29, 0.717) is 25.3 Å². The van der Waals surface area contributed by atoms with Crippen LogP contribution in [0.2, 0.25) is 0 Å². The quantitative estimate of drug-likeness (QED) is 0.916. The highest BCUT2D eigenvalue weighted by molar-refractivity contribution is 7.90. The van der Waals surface area contributed by atoms with Gasteiger partial charge in [0.15, 0.2) is 0 Å². The molecule has 0 saturated heterocycles. The van der Waals surface area contributed by atoms with Crippen molar-refractivity contribution in [3.8, 4) is 5.75 Å². The number of rotatable bonds is 4. The van der Waals surface area contributed by atoms with Crippen molar-refractivity contribution in [2.75, 3.05) is 23.9 Å². The van der Waals surface area contributed by atoms with Crippen molar-refractivity contribution in [3.05, 3.63) is 23.8 Å². The molecule has 0 unspecified atom stereocenters. The molecule has 0 spiro atoms. The summed E-state index contributed by atoms with van der Waals surface area (Å²) in [5.41, 5.74) is 1.34. The Morgan fingerprint density at radius 3 is 2.63 bits per heavy atom. The lowest BCUT2D eigenvalue weighted by atomic mass is 10.0. The lowest BCUT2D eigenvalue weighted by Gasteiger charge is -2.34. The molecule has 0 bridgehead atoms. The van der Waals surface area contributed by atoms with Gasteiger partial charge in [0.25, 0.3) is 0 Å². The first-order valence-corrected chi connectivity index (χ1v) is 8.00. The van der Waals surface area contributed by atoms with E-state index >= 15 is 0 Å². The number of hydrogen-bond acceptors (Lipinski definition) is 3. The van der Waals surface area contributed by atoms with Gasteiger partial charge < -0.3 is 5.11 Å². The zero-order valence-corrected chi connectivity index (χ0v) is 12.2. The van der Waals surface area contributed by atoms with Crippen molar-refractivity contribution < 1.29 is 13.5 Å². The average Bonchev–Trinajstić information content (AvgIpc) is 2.39. The van der Waals surface area contributed by atoms with Crippen molar-refractivity contribution in [1.82, 2.24) is 4.31 Å². The number of nitrogens with zero attached hydrogens (tertiary/aromatic N) is 2. The minimum atomic E-state index is -3.55. The summed E-state index contributed by atoms with van der Waals surface area (Å²) >= 11 is 0. The average molecular weight is 284 g/mol. The molecule has 0 aliphatic carbocycles. The molecule has 1 aliphatic heterocycles. The summed E-state index contributed by atoms with van der Waals surface area (Å²) in [4.78, 5) is 0. The first-order chi connectivity index (χ1) is 9.02. The van der Waals surface area contributed by atoms with E-state index in [-0.39, 0.29) is 5.75 Å². The third-order valence-electron chi connectivity index (χ3n) is 3.47. The number of para-hydroxylation sites is 1. The molecule has 0 saturated carbocycles.